The smallest absolute Gasteiger partial charge is 0.292 e. The molecule has 2 saturated heterocycles. The number of likely N-dealkylation sites (tertiary alicyclic amines) is 1. The second-order valence-corrected chi connectivity index (χ2v) is 6.88. The van der Waals surface area contributed by atoms with E-state index in [9.17, 15) is 14.9 Å². The second-order valence-electron chi connectivity index (χ2n) is 6.88. The molecule has 24 heavy (non-hydrogen) atoms. The molecule has 0 unspecified atom stereocenters. The molecule has 1 amide bonds. The quantitative estimate of drug-likeness (QED) is 0.630. The van der Waals surface area contributed by atoms with Crippen LogP contribution < -0.4 is 4.90 Å². The van der Waals surface area contributed by atoms with E-state index in [1.807, 2.05) is 11.0 Å². The normalized spacial score (nSPS) is 22.5. The first-order valence-corrected chi connectivity index (χ1v) is 8.87. The number of nitro benzene ring substituents is 1. The van der Waals surface area contributed by atoms with Gasteiger partial charge < -0.3 is 9.80 Å². The highest BCUT2D eigenvalue weighted by Gasteiger charge is 2.33. The summed E-state index contributed by atoms with van der Waals surface area (Å²) < 4.78 is 0. The first-order chi connectivity index (χ1) is 11.6. The fourth-order valence-corrected chi connectivity index (χ4v) is 3.91. The standard InChI is InChI=1S/C18H25N3O3/c1-14-6-4-5-11-20(14)18(22)15-9-12-19(13-10-15)16-7-2-3-8-17(16)21(23)24/h2-3,7-8,14-15H,4-6,9-13H2,1H3/t14-/m1/s1. The van der Waals surface area contributed by atoms with Crippen molar-refractivity contribution in [2.45, 2.75) is 45.1 Å². The Morgan fingerprint density at radius 3 is 2.50 bits per heavy atom. The molecule has 1 aromatic carbocycles. The minimum absolute atomic E-state index is 0.0598. The topological polar surface area (TPSA) is 66.7 Å². The number of carbonyl (C=O) groups excluding carboxylic acids is 1. The van der Waals surface area contributed by atoms with Gasteiger partial charge in [-0.3, -0.25) is 14.9 Å². The molecule has 6 nitrogen and oxygen atoms in total. The molecule has 3 rings (SSSR count). The molecule has 0 radical (unpaired) electrons. The Hall–Kier alpha value is -2.11. The van der Waals surface area contributed by atoms with E-state index in [4.69, 9.17) is 0 Å². The van der Waals surface area contributed by atoms with Gasteiger partial charge in [0, 0.05) is 37.7 Å². The Labute approximate surface area is 142 Å². The van der Waals surface area contributed by atoms with Crippen LogP contribution in [-0.2, 0) is 4.79 Å². The van der Waals surface area contributed by atoms with Gasteiger partial charge in [0.05, 0.1) is 4.92 Å². The lowest BCUT2D eigenvalue weighted by atomic mass is 9.92. The summed E-state index contributed by atoms with van der Waals surface area (Å²) in [6.45, 7) is 4.41. The van der Waals surface area contributed by atoms with Crippen LogP contribution in [-0.4, -0.2) is 41.4 Å². The predicted octanol–water partition coefficient (Wildman–Crippen LogP) is 3.21. The van der Waals surface area contributed by atoms with E-state index in [2.05, 4.69) is 11.8 Å². The molecule has 1 aromatic rings. The van der Waals surface area contributed by atoms with Crippen molar-refractivity contribution in [2.24, 2.45) is 5.92 Å². The van der Waals surface area contributed by atoms with Crippen molar-refractivity contribution >= 4 is 17.3 Å². The van der Waals surface area contributed by atoms with Gasteiger partial charge in [0.1, 0.15) is 5.69 Å². The third-order valence-electron chi connectivity index (χ3n) is 5.35. The van der Waals surface area contributed by atoms with Gasteiger partial charge in [-0.2, -0.15) is 0 Å². The van der Waals surface area contributed by atoms with Crippen molar-refractivity contribution in [3.8, 4) is 0 Å². The number of rotatable bonds is 3. The molecule has 0 aliphatic carbocycles. The zero-order valence-corrected chi connectivity index (χ0v) is 14.2. The largest absolute Gasteiger partial charge is 0.366 e. The number of para-hydroxylation sites is 2. The number of benzene rings is 1. The van der Waals surface area contributed by atoms with E-state index in [0.717, 1.165) is 32.2 Å². The van der Waals surface area contributed by atoms with Gasteiger partial charge in [0.15, 0.2) is 0 Å². The fraction of sp³-hybridized carbons (Fsp3) is 0.611. The molecule has 2 aliphatic rings. The maximum atomic E-state index is 12.8. The lowest BCUT2D eigenvalue weighted by Gasteiger charge is -2.39. The van der Waals surface area contributed by atoms with Gasteiger partial charge in [-0.25, -0.2) is 0 Å². The summed E-state index contributed by atoms with van der Waals surface area (Å²) >= 11 is 0. The van der Waals surface area contributed by atoms with Crippen LogP contribution in [0.15, 0.2) is 24.3 Å². The number of amides is 1. The van der Waals surface area contributed by atoms with Crippen molar-refractivity contribution in [3.05, 3.63) is 34.4 Å². The number of carbonyl (C=O) groups is 1. The molecular formula is C18H25N3O3. The highest BCUT2D eigenvalue weighted by molar-refractivity contribution is 5.79. The van der Waals surface area contributed by atoms with Gasteiger partial charge in [-0.05, 0) is 45.1 Å². The average Bonchev–Trinajstić information content (AvgIpc) is 2.62. The van der Waals surface area contributed by atoms with Crippen molar-refractivity contribution in [1.29, 1.82) is 0 Å². The number of nitrogens with zero attached hydrogens (tertiary/aromatic N) is 3. The Bertz CT molecular complexity index is 611. The minimum atomic E-state index is -0.331. The monoisotopic (exact) mass is 331 g/mol. The predicted molar refractivity (Wildman–Crippen MR) is 93.1 cm³/mol. The molecular weight excluding hydrogens is 306 g/mol. The molecule has 6 heteroatoms. The van der Waals surface area contributed by atoms with Crippen LogP contribution in [0.25, 0.3) is 0 Å². The van der Waals surface area contributed by atoms with Crippen LogP contribution in [0.3, 0.4) is 0 Å². The van der Waals surface area contributed by atoms with Crippen LogP contribution in [0.5, 0.6) is 0 Å². The Balaban J connectivity index is 1.64. The molecule has 0 saturated carbocycles. The van der Waals surface area contributed by atoms with E-state index >= 15 is 0 Å². The minimum Gasteiger partial charge on any atom is -0.366 e. The van der Waals surface area contributed by atoms with Crippen molar-refractivity contribution < 1.29 is 9.72 Å². The van der Waals surface area contributed by atoms with Crippen LogP contribution in [0.2, 0.25) is 0 Å². The van der Waals surface area contributed by atoms with Crippen molar-refractivity contribution in [1.82, 2.24) is 4.90 Å². The molecule has 2 fully saturated rings. The van der Waals surface area contributed by atoms with E-state index in [0.29, 0.717) is 24.8 Å². The third-order valence-corrected chi connectivity index (χ3v) is 5.35. The molecule has 0 bridgehead atoms. The first-order valence-electron chi connectivity index (χ1n) is 8.87. The van der Waals surface area contributed by atoms with Crippen LogP contribution in [0, 0.1) is 16.0 Å². The maximum absolute atomic E-state index is 12.8. The number of nitro groups is 1. The summed E-state index contributed by atoms with van der Waals surface area (Å²) in [5, 5.41) is 11.2. The van der Waals surface area contributed by atoms with Gasteiger partial charge in [-0.15, -0.1) is 0 Å². The summed E-state index contributed by atoms with van der Waals surface area (Å²) in [6, 6.07) is 7.21. The van der Waals surface area contributed by atoms with Crippen LogP contribution >= 0.6 is 0 Å². The lowest BCUT2D eigenvalue weighted by Crippen LogP contribution is -2.47. The van der Waals surface area contributed by atoms with Crippen LogP contribution in [0.1, 0.15) is 39.0 Å². The average molecular weight is 331 g/mol. The Kier molecular flexibility index (Phi) is 5.02. The molecule has 1 atom stereocenters. The fourth-order valence-electron chi connectivity index (χ4n) is 3.91. The number of piperidine rings is 2. The SMILES string of the molecule is C[C@@H]1CCCCN1C(=O)C1CCN(c2ccccc2[N+](=O)[O-])CC1. The number of anilines is 1. The summed E-state index contributed by atoms with van der Waals surface area (Å²) in [6.07, 6.45) is 4.95. The molecule has 0 aromatic heterocycles. The number of hydrogen-bond donors (Lipinski definition) is 0. The summed E-state index contributed by atoms with van der Waals surface area (Å²) in [7, 11) is 0. The molecule has 0 N–H and O–H groups in total. The highest BCUT2D eigenvalue weighted by atomic mass is 16.6. The molecule has 130 valence electrons. The molecule has 0 spiro atoms. The van der Waals surface area contributed by atoms with Crippen molar-refractivity contribution in [2.75, 3.05) is 24.5 Å². The Morgan fingerprint density at radius 2 is 1.83 bits per heavy atom. The summed E-state index contributed by atoms with van der Waals surface area (Å²) in [5.41, 5.74) is 0.812. The number of hydrogen-bond acceptors (Lipinski definition) is 4. The van der Waals surface area contributed by atoms with Crippen LogP contribution in [0.4, 0.5) is 11.4 Å². The molecule has 2 heterocycles. The first kappa shape index (κ1) is 16.7. The third kappa shape index (κ3) is 3.37. The van der Waals surface area contributed by atoms with E-state index < -0.39 is 0 Å². The zero-order chi connectivity index (χ0) is 17.1. The van der Waals surface area contributed by atoms with Crippen molar-refractivity contribution in [3.63, 3.8) is 0 Å². The maximum Gasteiger partial charge on any atom is 0.292 e. The Morgan fingerprint density at radius 1 is 1.12 bits per heavy atom. The highest BCUT2D eigenvalue weighted by Crippen LogP contribution is 2.32. The zero-order valence-electron chi connectivity index (χ0n) is 14.2. The van der Waals surface area contributed by atoms with E-state index in [1.54, 1.807) is 18.2 Å². The summed E-state index contributed by atoms with van der Waals surface area (Å²) in [4.78, 5) is 27.7. The van der Waals surface area contributed by atoms with Gasteiger partial charge >= 0.3 is 0 Å². The lowest BCUT2D eigenvalue weighted by molar-refractivity contribution is -0.384. The van der Waals surface area contributed by atoms with Gasteiger partial charge in [-0.1, -0.05) is 12.1 Å². The second kappa shape index (κ2) is 7.20. The van der Waals surface area contributed by atoms with E-state index in [-0.39, 0.29) is 22.4 Å². The van der Waals surface area contributed by atoms with Gasteiger partial charge in [0.2, 0.25) is 5.91 Å². The van der Waals surface area contributed by atoms with Gasteiger partial charge in [0.25, 0.3) is 5.69 Å². The summed E-state index contributed by atoms with van der Waals surface area (Å²) in [5.74, 6) is 0.342. The molecule has 2 aliphatic heterocycles. The van der Waals surface area contributed by atoms with E-state index in [1.165, 1.54) is 6.42 Å².